The molecule has 0 radical (unpaired) electrons. The minimum Gasteiger partial charge on any atom is -0.497 e. The number of aliphatic imine (C=N–C) groups is 1. The normalized spacial score (nSPS) is 18.2. The molecule has 2 N–H and O–H groups in total. The lowest BCUT2D eigenvalue weighted by Gasteiger charge is -2.19. The molecule has 0 atom stereocenters. The van der Waals surface area contributed by atoms with Gasteiger partial charge in [0.25, 0.3) is 0 Å². The van der Waals surface area contributed by atoms with E-state index in [1.807, 2.05) is 19.2 Å². The molecule has 2 fully saturated rings. The molecule has 0 heterocycles. The maximum Gasteiger partial charge on any atom is 0.191 e. The zero-order valence-electron chi connectivity index (χ0n) is 15.5. The Morgan fingerprint density at radius 1 is 1.16 bits per heavy atom. The van der Waals surface area contributed by atoms with Gasteiger partial charge < -0.3 is 20.1 Å². The second-order valence-electron chi connectivity index (χ2n) is 7.08. The SMILES string of the molecule is CN=C(NCCC1CC1)NCc1ccc(OC)cc1OC1CCCC1. The zero-order chi connectivity index (χ0) is 17.5. The molecule has 2 aliphatic carbocycles. The Bertz CT molecular complexity index is 578. The summed E-state index contributed by atoms with van der Waals surface area (Å²) >= 11 is 0. The number of nitrogens with one attached hydrogen (secondary N) is 2. The highest BCUT2D eigenvalue weighted by atomic mass is 16.5. The molecular weight excluding hydrogens is 314 g/mol. The monoisotopic (exact) mass is 345 g/mol. The molecule has 0 amide bonds. The summed E-state index contributed by atoms with van der Waals surface area (Å²) in [7, 11) is 3.51. The summed E-state index contributed by atoms with van der Waals surface area (Å²) in [6.07, 6.45) is 9.17. The number of methoxy groups -OCH3 is 1. The second-order valence-corrected chi connectivity index (χ2v) is 7.08. The maximum absolute atomic E-state index is 6.26. The van der Waals surface area contributed by atoms with E-state index < -0.39 is 0 Å². The van der Waals surface area contributed by atoms with Gasteiger partial charge >= 0.3 is 0 Å². The molecule has 25 heavy (non-hydrogen) atoms. The summed E-state index contributed by atoms with van der Waals surface area (Å²) in [5.41, 5.74) is 1.14. The predicted octanol–water partition coefficient (Wildman–Crippen LogP) is 3.48. The molecule has 0 spiro atoms. The van der Waals surface area contributed by atoms with Crippen LogP contribution in [0.4, 0.5) is 0 Å². The van der Waals surface area contributed by atoms with Crippen LogP contribution in [0.25, 0.3) is 0 Å². The van der Waals surface area contributed by atoms with E-state index >= 15 is 0 Å². The molecule has 0 aromatic heterocycles. The average molecular weight is 345 g/mol. The molecule has 5 heteroatoms. The van der Waals surface area contributed by atoms with Crippen LogP contribution in [0.2, 0.25) is 0 Å². The van der Waals surface area contributed by atoms with Crippen LogP contribution in [0, 0.1) is 5.92 Å². The van der Waals surface area contributed by atoms with E-state index in [1.165, 1.54) is 32.1 Å². The minimum atomic E-state index is 0.335. The first-order valence-electron chi connectivity index (χ1n) is 9.56. The Hall–Kier alpha value is -1.91. The van der Waals surface area contributed by atoms with Gasteiger partial charge in [-0.3, -0.25) is 4.99 Å². The van der Waals surface area contributed by atoms with Crippen molar-refractivity contribution >= 4 is 5.96 Å². The van der Waals surface area contributed by atoms with Gasteiger partial charge in [0.15, 0.2) is 5.96 Å². The van der Waals surface area contributed by atoms with E-state index in [4.69, 9.17) is 9.47 Å². The number of hydrogen-bond donors (Lipinski definition) is 2. The highest BCUT2D eigenvalue weighted by Crippen LogP contribution is 2.32. The summed E-state index contributed by atoms with van der Waals surface area (Å²) < 4.78 is 11.6. The number of guanidine groups is 1. The van der Waals surface area contributed by atoms with Gasteiger partial charge in [-0.1, -0.05) is 12.8 Å². The van der Waals surface area contributed by atoms with Crippen molar-refractivity contribution in [2.24, 2.45) is 10.9 Å². The first-order valence-corrected chi connectivity index (χ1v) is 9.56. The number of rotatable bonds is 8. The summed E-state index contributed by atoms with van der Waals surface area (Å²) in [5, 5.41) is 6.80. The van der Waals surface area contributed by atoms with Gasteiger partial charge in [-0.05, 0) is 50.2 Å². The second kappa shape index (κ2) is 8.97. The van der Waals surface area contributed by atoms with Crippen LogP contribution < -0.4 is 20.1 Å². The Kier molecular flexibility index (Phi) is 6.42. The molecule has 0 saturated heterocycles. The average Bonchev–Trinajstić information content (AvgIpc) is 3.32. The van der Waals surface area contributed by atoms with Crippen LogP contribution in [0.1, 0.15) is 50.5 Å². The summed E-state index contributed by atoms with van der Waals surface area (Å²) in [6.45, 7) is 1.67. The van der Waals surface area contributed by atoms with Gasteiger partial charge in [0.2, 0.25) is 0 Å². The van der Waals surface area contributed by atoms with Crippen LogP contribution in [-0.4, -0.2) is 32.8 Å². The maximum atomic E-state index is 6.26. The summed E-state index contributed by atoms with van der Waals surface area (Å²) in [6, 6.07) is 6.06. The van der Waals surface area contributed by atoms with Crippen molar-refractivity contribution < 1.29 is 9.47 Å². The summed E-state index contributed by atoms with van der Waals surface area (Å²) in [4.78, 5) is 4.32. The van der Waals surface area contributed by atoms with E-state index in [1.54, 1.807) is 7.11 Å². The number of hydrogen-bond acceptors (Lipinski definition) is 3. The molecule has 0 aliphatic heterocycles. The van der Waals surface area contributed by atoms with Gasteiger partial charge in [-0.25, -0.2) is 0 Å². The van der Waals surface area contributed by atoms with E-state index in [9.17, 15) is 0 Å². The number of ether oxygens (including phenoxy) is 2. The van der Waals surface area contributed by atoms with Crippen molar-refractivity contribution in [1.29, 1.82) is 0 Å². The van der Waals surface area contributed by atoms with Crippen molar-refractivity contribution in [1.82, 2.24) is 10.6 Å². The van der Waals surface area contributed by atoms with E-state index in [-0.39, 0.29) is 0 Å². The largest absolute Gasteiger partial charge is 0.497 e. The Labute approximate surface area is 151 Å². The van der Waals surface area contributed by atoms with Crippen LogP contribution in [0.3, 0.4) is 0 Å². The van der Waals surface area contributed by atoms with Gasteiger partial charge in [0, 0.05) is 31.8 Å². The number of benzene rings is 1. The first-order chi connectivity index (χ1) is 12.3. The molecular formula is C20H31N3O2. The van der Waals surface area contributed by atoms with Gasteiger partial charge in [0.1, 0.15) is 11.5 Å². The molecule has 2 aliphatic rings. The van der Waals surface area contributed by atoms with Gasteiger partial charge in [-0.15, -0.1) is 0 Å². The standard InChI is InChI=1S/C20H31N3O2/c1-21-20(22-12-11-15-7-8-15)23-14-16-9-10-18(24-2)13-19(16)25-17-5-3-4-6-17/h9-10,13,15,17H,3-8,11-12,14H2,1-2H3,(H2,21,22,23). The van der Waals surface area contributed by atoms with Crippen molar-refractivity contribution in [3.05, 3.63) is 23.8 Å². The smallest absolute Gasteiger partial charge is 0.191 e. The van der Waals surface area contributed by atoms with E-state index in [0.29, 0.717) is 12.6 Å². The Morgan fingerprint density at radius 2 is 1.96 bits per heavy atom. The minimum absolute atomic E-state index is 0.335. The van der Waals surface area contributed by atoms with E-state index in [0.717, 1.165) is 48.3 Å². The van der Waals surface area contributed by atoms with Crippen LogP contribution in [0.15, 0.2) is 23.2 Å². The zero-order valence-corrected chi connectivity index (χ0v) is 15.5. The Morgan fingerprint density at radius 3 is 2.64 bits per heavy atom. The molecule has 5 nitrogen and oxygen atoms in total. The molecule has 138 valence electrons. The van der Waals surface area contributed by atoms with Crippen molar-refractivity contribution in [2.45, 2.75) is 57.6 Å². The molecule has 1 aromatic carbocycles. The van der Waals surface area contributed by atoms with Crippen LogP contribution in [0.5, 0.6) is 11.5 Å². The molecule has 0 unspecified atom stereocenters. The third kappa shape index (κ3) is 5.55. The molecule has 3 rings (SSSR count). The highest BCUT2D eigenvalue weighted by molar-refractivity contribution is 5.79. The molecule has 0 bridgehead atoms. The van der Waals surface area contributed by atoms with E-state index in [2.05, 4.69) is 21.7 Å². The number of nitrogens with zero attached hydrogens (tertiary/aromatic N) is 1. The van der Waals surface area contributed by atoms with Gasteiger partial charge in [0.05, 0.1) is 13.2 Å². The fourth-order valence-electron chi connectivity index (χ4n) is 3.30. The fourth-order valence-corrected chi connectivity index (χ4v) is 3.30. The lowest BCUT2D eigenvalue weighted by atomic mass is 10.2. The predicted molar refractivity (Wildman–Crippen MR) is 101 cm³/mol. The molecule has 1 aromatic rings. The van der Waals surface area contributed by atoms with Crippen molar-refractivity contribution in [3.63, 3.8) is 0 Å². The third-order valence-corrected chi connectivity index (χ3v) is 5.08. The highest BCUT2D eigenvalue weighted by Gasteiger charge is 2.20. The fraction of sp³-hybridized carbons (Fsp3) is 0.650. The van der Waals surface area contributed by atoms with Crippen molar-refractivity contribution in [2.75, 3.05) is 20.7 Å². The van der Waals surface area contributed by atoms with Crippen LogP contribution >= 0.6 is 0 Å². The third-order valence-electron chi connectivity index (χ3n) is 5.08. The summed E-state index contributed by atoms with van der Waals surface area (Å²) in [5.74, 6) is 3.54. The quantitative estimate of drug-likeness (QED) is 0.559. The van der Waals surface area contributed by atoms with Gasteiger partial charge in [-0.2, -0.15) is 0 Å². The molecule has 2 saturated carbocycles. The van der Waals surface area contributed by atoms with Crippen molar-refractivity contribution in [3.8, 4) is 11.5 Å². The van der Waals surface area contributed by atoms with Crippen LogP contribution in [-0.2, 0) is 6.54 Å². The first kappa shape index (κ1) is 17.9. The lowest BCUT2D eigenvalue weighted by molar-refractivity contribution is 0.207. The lowest BCUT2D eigenvalue weighted by Crippen LogP contribution is -2.37. The topological polar surface area (TPSA) is 54.9 Å². The Balaban J connectivity index is 1.57.